The molecular formula is C16H32O4Zn. The van der Waals surface area contributed by atoms with Crippen LogP contribution in [-0.4, -0.2) is 22.2 Å². The van der Waals surface area contributed by atoms with Gasteiger partial charge in [0, 0.05) is 32.3 Å². The van der Waals surface area contributed by atoms with Crippen molar-refractivity contribution in [2.75, 3.05) is 0 Å². The number of unbranched alkanes of at least 4 members (excludes halogenated alkanes) is 2. The molecule has 0 atom stereocenters. The van der Waals surface area contributed by atoms with E-state index in [2.05, 4.69) is 27.7 Å². The number of hydrogen-bond donors (Lipinski definition) is 2. The number of carbonyl (C=O) groups is 2. The second kappa shape index (κ2) is 17.6. The fraction of sp³-hybridized carbons (Fsp3) is 0.875. The smallest absolute Gasteiger partial charge is 0.303 e. The summed E-state index contributed by atoms with van der Waals surface area (Å²) in [7, 11) is 0. The van der Waals surface area contributed by atoms with E-state index in [1.54, 1.807) is 0 Å². The molecule has 0 amide bonds. The minimum Gasteiger partial charge on any atom is -0.481 e. The molecule has 0 saturated heterocycles. The number of carboxylic acid groups (broad SMARTS) is 2. The van der Waals surface area contributed by atoms with E-state index in [4.69, 9.17) is 10.2 Å². The molecule has 0 aliphatic carbocycles. The fourth-order valence-corrected chi connectivity index (χ4v) is 1.66. The molecule has 0 radical (unpaired) electrons. The normalized spacial score (nSPS) is 9.81. The molecule has 0 bridgehead atoms. The van der Waals surface area contributed by atoms with Crippen molar-refractivity contribution in [3.05, 3.63) is 0 Å². The topological polar surface area (TPSA) is 74.6 Å². The molecular weight excluding hydrogens is 322 g/mol. The van der Waals surface area contributed by atoms with Gasteiger partial charge in [0.05, 0.1) is 0 Å². The number of aliphatic carboxylic acids is 2. The van der Waals surface area contributed by atoms with Gasteiger partial charge in [0.2, 0.25) is 0 Å². The molecule has 21 heavy (non-hydrogen) atoms. The van der Waals surface area contributed by atoms with E-state index in [9.17, 15) is 9.59 Å². The van der Waals surface area contributed by atoms with Gasteiger partial charge >= 0.3 is 11.9 Å². The maximum Gasteiger partial charge on any atom is 0.303 e. The Balaban J connectivity index is -0.000000295. The Morgan fingerprint density at radius 3 is 1.19 bits per heavy atom. The van der Waals surface area contributed by atoms with Crippen LogP contribution in [0.2, 0.25) is 0 Å². The van der Waals surface area contributed by atoms with Crippen molar-refractivity contribution >= 4 is 11.9 Å². The summed E-state index contributed by atoms with van der Waals surface area (Å²) >= 11 is 0. The van der Waals surface area contributed by atoms with Gasteiger partial charge in [-0.25, -0.2) is 0 Å². The molecule has 0 aromatic carbocycles. The average Bonchev–Trinajstić information content (AvgIpc) is 2.30. The van der Waals surface area contributed by atoms with E-state index >= 15 is 0 Å². The summed E-state index contributed by atoms with van der Waals surface area (Å²) in [5, 5.41) is 16.6. The largest absolute Gasteiger partial charge is 0.481 e. The SMILES string of the molecule is CC(C)CCCCC(=O)O.CC(C)CCCCC(=O)O.[Zn]. The fourth-order valence-electron chi connectivity index (χ4n) is 1.66. The van der Waals surface area contributed by atoms with Gasteiger partial charge in [0.15, 0.2) is 0 Å². The second-order valence-electron chi connectivity index (χ2n) is 6.07. The predicted octanol–water partition coefficient (Wildman–Crippen LogP) is 4.57. The minimum absolute atomic E-state index is 0. The quantitative estimate of drug-likeness (QED) is 0.445. The average molecular weight is 354 g/mol. The number of carboxylic acids is 2. The van der Waals surface area contributed by atoms with E-state index in [1.807, 2.05) is 0 Å². The molecule has 0 aliphatic rings. The van der Waals surface area contributed by atoms with Crippen LogP contribution in [0.3, 0.4) is 0 Å². The van der Waals surface area contributed by atoms with Crippen molar-refractivity contribution in [2.45, 2.75) is 79.1 Å². The van der Waals surface area contributed by atoms with E-state index in [-0.39, 0.29) is 19.5 Å². The summed E-state index contributed by atoms with van der Waals surface area (Å²) < 4.78 is 0. The van der Waals surface area contributed by atoms with Gasteiger partial charge in [-0.3, -0.25) is 9.59 Å². The third kappa shape index (κ3) is 32.8. The molecule has 0 unspecified atom stereocenters. The molecule has 4 nitrogen and oxygen atoms in total. The molecule has 0 heterocycles. The van der Waals surface area contributed by atoms with Crippen LogP contribution in [0.25, 0.3) is 0 Å². The van der Waals surface area contributed by atoms with Crippen molar-refractivity contribution in [1.29, 1.82) is 0 Å². The summed E-state index contributed by atoms with van der Waals surface area (Å²) in [5.74, 6) is 0.0510. The van der Waals surface area contributed by atoms with Crippen LogP contribution in [0.15, 0.2) is 0 Å². The van der Waals surface area contributed by atoms with Gasteiger partial charge in [0.1, 0.15) is 0 Å². The van der Waals surface area contributed by atoms with Crippen LogP contribution in [0.1, 0.15) is 79.1 Å². The minimum atomic E-state index is -0.677. The maximum absolute atomic E-state index is 10.0. The van der Waals surface area contributed by atoms with E-state index in [0.717, 1.165) is 38.5 Å². The number of hydrogen-bond acceptors (Lipinski definition) is 2. The van der Waals surface area contributed by atoms with E-state index in [0.29, 0.717) is 24.7 Å². The van der Waals surface area contributed by atoms with E-state index < -0.39 is 11.9 Å². The van der Waals surface area contributed by atoms with Crippen LogP contribution < -0.4 is 0 Å². The Labute approximate surface area is 142 Å². The molecule has 0 saturated carbocycles. The van der Waals surface area contributed by atoms with Gasteiger partial charge in [-0.2, -0.15) is 0 Å². The van der Waals surface area contributed by atoms with Gasteiger partial charge in [-0.1, -0.05) is 53.4 Å². The summed E-state index contributed by atoms with van der Waals surface area (Å²) in [4.78, 5) is 20.1. The van der Waals surface area contributed by atoms with Crippen LogP contribution in [0.5, 0.6) is 0 Å². The van der Waals surface area contributed by atoms with Gasteiger partial charge in [-0.15, -0.1) is 0 Å². The van der Waals surface area contributed by atoms with Crippen molar-refractivity contribution in [1.82, 2.24) is 0 Å². The van der Waals surface area contributed by atoms with Gasteiger partial charge in [-0.05, 0) is 24.7 Å². The van der Waals surface area contributed by atoms with Crippen molar-refractivity contribution in [3.8, 4) is 0 Å². The van der Waals surface area contributed by atoms with Crippen molar-refractivity contribution in [3.63, 3.8) is 0 Å². The predicted molar refractivity (Wildman–Crippen MR) is 81.9 cm³/mol. The van der Waals surface area contributed by atoms with Crippen LogP contribution in [-0.2, 0) is 29.1 Å². The molecule has 5 heteroatoms. The molecule has 0 rings (SSSR count). The Bertz CT molecular complexity index is 227. The Morgan fingerprint density at radius 2 is 1.00 bits per heavy atom. The third-order valence-corrected chi connectivity index (χ3v) is 2.84. The summed E-state index contributed by atoms with van der Waals surface area (Å²) in [6.45, 7) is 8.61. The van der Waals surface area contributed by atoms with Crippen molar-refractivity contribution in [2.24, 2.45) is 11.8 Å². The zero-order valence-corrected chi connectivity index (χ0v) is 17.2. The third-order valence-electron chi connectivity index (χ3n) is 2.84. The Kier molecular flexibility index (Phi) is 21.4. The molecule has 0 aromatic heterocycles. The van der Waals surface area contributed by atoms with Gasteiger partial charge < -0.3 is 10.2 Å². The zero-order chi connectivity index (χ0) is 16.0. The van der Waals surface area contributed by atoms with Crippen LogP contribution in [0, 0.1) is 11.8 Å². The Morgan fingerprint density at radius 1 is 0.714 bits per heavy atom. The number of rotatable bonds is 10. The first kappa shape index (κ1) is 25.5. The maximum atomic E-state index is 10.0. The molecule has 0 aliphatic heterocycles. The van der Waals surface area contributed by atoms with Crippen LogP contribution >= 0.6 is 0 Å². The first-order valence-electron chi connectivity index (χ1n) is 7.69. The first-order chi connectivity index (χ1) is 9.25. The molecule has 122 valence electrons. The van der Waals surface area contributed by atoms with Crippen molar-refractivity contribution < 1.29 is 39.3 Å². The molecule has 2 N–H and O–H groups in total. The Hall–Kier alpha value is -0.437. The van der Waals surface area contributed by atoms with E-state index in [1.165, 1.54) is 0 Å². The monoisotopic (exact) mass is 352 g/mol. The van der Waals surface area contributed by atoms with Crippen LogP contribution in [0.4, 0.5) is 0 Å². The first-order valence-corrected chi connectivity index (χ1v) is 7.69. The molecule has 0 fully saturated rings. The zero-order valence-electron chi connectivity index (χ0n) is 14.2. The second-order valence-corrected chi connectivity index (χ2v) is 6.07. The van der Waals surface area contributed by atoms with Gasteiger partial charge in [0.25, 0.3) is 0 Å². The summed E-state index contributed by atoms with van der Waals surface area (Å²) in [6, 6.07) is 0. The summed E-state index contributed by atoms with van der Waals surface area (Å²) in [5.41, 5.74) is 0. The molecule has 0 aromatic rings. The standard InChI is InChI=1S/2C8H16O2.Zn/c2*1-7(2)5-3-4-6-8(9)10;/h2*7H,3-6H2,1-2H3,(H,9,10);. The summed E-state index contributed by atoms with van der Waals surface area (Å²) in [6.07, 6.45) is 6.69. The molecule has 0 spiro atoms.